The molecular formula is C9H11F3N2O. The van der Waals surface area contributed by atoms with E-state index in [1.807, 2.05) is 0 Å². The number of hydrogen-bond acceptors (Lipinski definition) is 3. The molecule has 15 heavy (non-hydrogen) atoms. The number of aromatic nitrogens is 1. The van der Waals surface area contributed by atoms with Gasteiger partial charge in [-0.1, -0.05) is 0 Å². The zero-order valence-electron chi connectivity index (χ0n) is 7.78. The lowest BCUT2D eigenvalue weighted by molar-refractivity contribution is -0.209. The minimum atomic E-state index is -4.66. The number of alkyl halides is 3. The van der Waals surface area contributed by atoms with Crippen LogP contribution in [0.15, 0.2) is 24.5 Å². The lowest BCUT2D eigenvalue weighted by Gasteiger charge is -2.23. The van der Waals surface area contributed by atoms with Gasteiger partial charge in [0.15, 0.2) is 6.10 Å². The summed E-state index contributed by atoms with van der Waals surface area (Å²) in [5, 5.41) is 9.07. The third-order valence-electron chi connectivity index (χ3n) is 2.10. The van der Waals surface area contributed by atoms with Gasteiger partial charge in [0.1, 0.15) is 0 Å². The average Bonchev–Trinajstić information content (AvgIpc) is 2.19. The molecule has 2 atom stereocenters. The summed E-state index contributed by atoms with van der Waals surface area (Å²) in [5.41, 5.74) is 5.55. The first kappa shape index (κ1) is 11.9. The number of hydrogen-bond donors (Lipinski definition) is 2. The SMILES string of the molecule is NCC(c1ccncc1)C(O)C(F)(F)F. The van der Waals surface area contributed by atoms with E-state index in [1.165, 1.54) is 24.5 Å². The van der Waals surface area contributed by atoms with Gasteiger partial charge in [-0.3, -0.25) is 4.98 Å². The molecule has 0 amide bonds. The highest BCUT2D eigenvalue weighted by Crippen LogP contribution is 2.30. The number of pyridine rings is 1. The van der Waals surface area contributed by atoms with Crippen molar-refractivity contribution in [1.82, 2.24) is 4.98 Å². The molecule has 1 aromatic heterocycles. The van der Waals surface area contributed by atoms with Crippen molar-refractivity contribution in [2.45, 2.75) is 18.2 Å². The Hall–Kier alpha value is -1.14. The average molecular weight is 220 g/mol. The van der Waals surface area contributed by atoms with Gasteiger partial charge in [-0.05, 0) is 17.7 Å². The van der Waals surface area contributed by atoms with Gasteiger partial charge in [0.2, 0.25) is 0 Å². The Morgan fingerprint density at radius 1 is 1.33 bits per heavy atom. The van der Waals surface area contributed by atoms with Crippen LogP contribution in [0.3, 0.4) is 0 Å². The molecule has 3 N–H and O–H groups in total. The maximum atomic E-state index is 12.3. The van der Waals surface area contributed by atoms with Gasteiger partial charge < -0.3 is 10.8 Å². The molecule has 0 radical (unpaired) electrons. The molecule has 0 spiro atoms. The van der Waals surface area contributed by atoms with Crippen molar-refractivity contribution in [3.05, 3.63) is 30.1 Å². The van der Waals surface area contributed by atoms with Gasteiger partial charge in [0, 0.05) is 24.9 Å². The van der Waals surface area contributed by atoms with Crippen LogP contribution in [0.1, 0.15) is 11.5 Å². The van der Waals surface area contributed by atoms with Crippen molar-refractivity contribution in [3.63, 3.8) is 0 Å². The van der Waals surface area contributed by atoms with E-state index in [9.17, 15) is 13.2 Å². The minimum absolute atomic E-state index is 0.273. The molecule has 0 aliphatic heterocycles. The standard InChI is InChI=1S/C9H11F3N2O/c10-9(11,12)8(15)7(5-13)6-1-3-14-4-2-6/h1-4,7-8,15H,5,13H2. The van der Waals surface area contributed by atoms with Crippen LogP contribution in [0, 0.1) is 0 Å². The van der Waals surface area contributed by atoms with Crippen LogP contribution in [-0.2, 0) is 0 Å². The normalized spacial score (nSPS) is 16.1. The highest BCUT2D eigenvalue weighted by Gasteiger charge is 2.43. The lowest BCUT2D eigenvalue weighted by Crippen LogP contribution is -2.38. The first-order chi connectivity index (χ1) is 6.96. The fraction of sp³-hybridized carbons (Fsp3) is 0.444. The van der Waals surface area contributed by atoms with E-state index in [0.29, 0.717) is 5.56 Å². The van der Waals surface area contributed by atoms with Crippen molar-refractivity contribution in [2.75, 3.05) is 6.54 Å². The minimum Gasteiger partial charge on any atom is -0.383 e. The van der Waals surface area contributed by atoms with E-state index in [4.69, 9.17) is 10.8 Å². The molecule has 0 saturated carbocycles. The van der Waals surface area contributed by atoms with E-state index >= 15 is 0 Å². The number of aliphatic hydroxyl groups excluding tert-OH is 1. The lowest BCUT2D eigenvalue weighted by atomic mass is 9.94. The van der Waals surface area contributed by atoms with Crippen LogP contribution in [0.5, 0.6) is 0 Å². The fourth-order valence-electron chi connectivity index (χ4n) is 1.29. The molecular weight excluding hydrogens is 209 g/mol. The summed E-state index contributed by atoms with van der Waals surface area (Å²) >= 11 is 0. The quantitative estimate of drug-likeness (QED) is 0.800. The summed E-state index contributed by atoms with van der Waals surface area (Å²) in [4.78, 5) is 3.68. The Kier molecular flexibility index (Phi) is 3.65. The van der Waals surface area contributed by atoms with Gasteiger partial charge in [-0.2, -0.15) is 13.2 Å². The van der Waals surface area contributed by atoms with Gasteiger partial charge in [-0.25, -0.2) is 0 Å². The zero-order chi connectivity index (χ0) is 11.5. The van der Waals surface area contributed by atoms with Crippen LogP contribution >= 0.6 is 0 Å². The largest absolute Gasteiger partial charge is 0.414 e. The molecule has 0 aliphatic rings. The molecule has 3 nitrogen and oxygen atoms in total. The van der Waals surface area contributed by atoms with E-state index in [1.54, 1.807) is 0 Å². The Bertz CT molecular complexity index is 302. The topological polar surface area (TPSA) is 59.1 Å². The Morgan fingerprint density at radius 3 is 2.27 bits per heavy atom. The van der Waals surface area contributed by atoms with E-state index < -0.39 is 18.2 Å². The molecule has 2 unspecified atom stereocenters. The second-order valence-electron chi connectivity index (χ2n) is 3.11. The van der Waals surface area contributed by atoms with Crippen LogP contribution in [0.2, 0.25) is 0 Å². The van der Waals surface area contributed by atoms with Crippen LogP contribution in [0.25, 0.3) is 0 Å². The van der Waals surface area contributed by atoms with E-state index in [2.05, 4.69) is 4.98 Å². The van der Waals surface area contributed by atoms with Gasteiger partial charge >= 0.3 is 6.18 Å². The Morgan fingerprint density at radius 2 is 1.87 bits per heavy atom. The zero-order valence-corrected chi connectivity index (χ0v) is 7.78. The Balaban J connectivity index is 2.90. The smallest absolute Gasteiger partial charge is 0.383 e. The van der Waals surface area contributed by atoms with Gasteiger partial charge in [-0.15, -0.1) is 0 Å². The fourth-order valence-corrected chi connectivity index (χ4v) is 1.29. The number of rotatable bonds is 3. The summed E-state index contributed by atoms with van der Waals surface area (Å²) in [5.74, 6) is -1.15. The summed E-state index contributed by atoms with van der Waals surface area (Å²) < 4.78 is 36.8. The third kappa shape index (κ3) is 2.90. The van der Waals surface area contributed by atoms with Crippen molar-refractivity contribution in [1.29, 1.82) is 0 Å². The molecule has 6 heteroatoms. The summed E-state index contributed by atoms with van der Waals surface area (Å²) in [6.07, 6.45) is -4.37. The van der Waals surface area contributed by atoms with Crippen LogP contribution in [-0.4, -0.2) is 28.9 Å². The molecule has 0 aromatic carbocycles. The number of halogens is 3. The predicted molar refractivity (Wildman–Crippen MR) is 48.1 cm³/mol. The maximum absolute atomic E-state index is 12.3. The second kappa shape index (κ2) is 4.59. The van der Waals surface area contributed by atoms with Crippen molar-refractivity contribution < 1.29 is 18.3 Å². The molecule has 0 saturated heterocycles. The molecule has 0 fully saturated rings. The van der Waals surface area contributed by atoms with Crippen LogP contribution < -0.4 is 5.73 Å². The predicted octanol–water partition coefficient (Wildman–Crippen LogP) is 1.05. The summed E-state index contributed by atoms with van der Waals surface area (Å²) in [6.45, 7) is -0.273. The van der Waals surface area contributed by atoms with E-state index in [0.717, 1.165) is 0 Å². The van der Waals surface area contributed by atoms with E-state index in [-0.39, 0.29) is 6.54 Å². The molecule has 0 bridgehead atoms. The monoisotopic (exact) mass is 220 g/mol. The highest BCUT2D eigenvalue weighted by molar-refractivity contribution is 5.18. The molecule has 1 rings (SSSR count). The van der Waals surface area contributed by atoms with Gasteiger partial charge in [0.05, 0.1) is 0 Å². The first-order valence-electron chi connectivity index (χ1n) is 4.31. The van der Waals surface area contributed by atoms with Crippen molar-refractivity contribution in [2.24, 2.45) is 5.73 Å². The summed E-state index contributed by atoms with van der Waals surface area (Å²) in [7, 11) is 0. The maximum Gasteiger partial charge on any atom is 0.414 e. The second-order valence-corrected chi connectivity index (χ2v) is 3.11. The number of nitrogens with zero attached hydrogens (tertiary/aromatic N) is 1. The van der Waals surface area contributed by atoms with Gasteiger partial charge in [0.25, 0.3) is 0 Å². The highest BCUT2D eigenvalue weighted by atomic mass is 19.4. The van der Waals surface area contributed by atoms with Crippen molar-refractivity contribution in [3.8, 4) is 0 Å². The molecule has 84 valence electrons. The first-order valence-corrected chi connectivity index (χ1v) is 4.31. The molecule has 0 aliphatic carbocycles. The van der Waals surface area contributed by atoms with Crippen molar-refractivity contribution >= 4 is 0 Å². The van der Waals surface area contributed by atoms with Crippen LogP contribution in [0.4, 0.5) is 13.2 Å². The Labute approximate surface area is 84.7 Å². The number of nitrogens with two attached hydrogens (primary N) is 1. The molecule has 1 heterocycles. The molecule has 1 aromatic rings. The third-order valence-corrected chi connectivity index (χ3v) is 2.10. The number of aliphatic hydroxyl groups is 1. The summed E-state index contributed by atoms with van der Waals surface area (Å²) in [6, 6.07) is 2.82.